The Kier molecular flexibility index (Phi) is 6.88. The molecule has 10 heteroatoms. The number of hydrogen-bond donors (Lipinski definition) is 2. The zero-order valence-electron chi connectivity index (χ0n) is 17.3. The van der Waals surface area contributed by atoms with Gasteiger partial charge in [0, 0.05) is 6.54 Å². The van der Waals surface area contributed by atoms with E-state index in [0.717, 1.165) is 29.7 Å². The number of amides is 4. The molecular formula is C21H26F3N3O4. The van der Waals surface area contributed by atoms with Crippen LogP contribution < -0.4 is 10.6 Å². The molecule has 31 heavy (non-hydrogen) atoms. The number of urea groups is 1. The highest BCUT2D eigenvalue weighted by Crippen LogP contribution is 2.38. The third-order valence-electron chi connectivity index (χ3n) is 5.85. The number of rotatable bonds is 7. The molecule has 1 aromatic carbocycles. The van der Waals surface area contributed by atoms with Crippen LogP contribution in [0.2, 0.25) is 0 Å². The maximum Gasteiger partial charge on any atom is 0.411 e. The first-order chi connectivity index (χ1) is 14.6. The summed E-state index contributed by atoms with van der Waals surface area (Å²) in [6.45, 7) is 0.265. The number of hydrogen-bond acceptors (Lipinski definition) is 4. The Hall–Kier alpha value is -2.62. The smallest absolute Gasteiger partial charge is 0.367 e. The molecular weight excluding hydrogens is 415 g/mol. The van der Waals surface area contributed by atoms with Gasteiger partial charge < -0.3 is 15.4 Å². The van der Waals surface area contributed by atoms with E-state index < -0.39 is 30.3 Å². The predicted molar refractivity (Wildman–Crippen MR) is 105 cm³/mol. The molecule has 7 nitrogen and oxygen atoms in total. The second-order valence-electron chi connectivity index (χ2n) is 8.14. The molecule has 4 amide bonds. The molecule has 1 aliphatic heterocycles. The molecule has 2 aliphatic rings. The van der Waals surface area contributed by atoms with Crippen molar-refractivity contribution in [3.63, 3.8) is 0 Å². The van der Waals surface area contributed by atoms with Crippen molar-refractivity contribution in [3.8, 4) is 0 Å². The van der Waals surface area contributed by atoms with Crippen molar-refractivity contribution < 1.29 is 32.3 Å². The highest BCUT2D eigenvalue weighted by Gasteiger charge is 2.55. The summed E-state index contributed by atoms with van der Waals surface area (Å²) in [5, 5.41) is 5.46. The molecule has 2 fully saturated rings. The maximum atomic E-state index is 12.9. The van der Waals surface area contributed by atoms with Crippen LogP contribution in [0, 0.1) is 5.92 Å². The average Bonchev–Trinajstić information content (AvgIpc) is 2.94. The van der Waals surface area contributed by atoms with Crippen molar-refractivity contribution >= 4 is 17.8 Å². The Morgan fingerprint density at radius 1 is 1.23 bits per heavy atom. The lowest BCUT2D eigenvalue weighted by Crippen LogP contribution is -2.54. The molecule has 0 radical (unpaired) electrons. The number of nitrogens with zero attached hydrogens (tertiary/aromatic N) is 1. The minimum atomic E-state index is -4.37. The first-order valence-corrected chi connectivity index (χ1v) is 10.2. The molecule has 3 rings (SSSR count). The standard InChI is InChI=1S/C21H26F3N3O4/c1-14-4-2-3-9-20(14)18(29)27(19(30)26-20)11-17(28)25-10-15-5-7-16(8-6-15)12-31-13-21(22,23)24/h5-8,14H,2-4,9-13H2,1H3,(H,25,28)(H,26,30). The van der Waals surface area contributed by atoms with Gasteiger partial charge in [0.1, 0.15) is 18.7 Å². The van der Waals surface area contributed by atoms with Crippen LogP contribution in [0.25, 0.3) is 0 Å². The Balaban J connectivity index is 1.48. The van der Waals surface area contributed by atoms with Gasteiger partial charge in [0.2, 0.25) is 5.91 Å². The Labute approximate surface area is 178 Å². The van der Waals surface area contributed by atoms with Gasteiger partial charge in [-0.1, -0.05) is 44.0 Å². The minimum absolute atomic E-state index is 0.0180. The molecule has 1 aliphatic carbocycles. The third kappa shape index (κ3) is 5.55. The van der Waals surface area contributed by atoms with Crippen molar-refractivity contribution in [2.75, 3.05) is 13.2 Å². The number of nitrogens with one attached hydrogen (secondary N) is 2. The average molecular weight is 441 g/mol. The number of halogens is 3. The van der Waals surface area contributed by atoms with Gasteiger partial charge in [-0.05, 0) is 29.9 Å². The number of alkyl halides is 3. The molecule has 1 spiro atoms. The zero-order chi connectivity index (χ0) is 22.6. The fourth-order valence-electron chi connectivity index (χ4n) is 4.08. The van der Waals surface area contributed by atoms with E-state index in [0.29, 0.717) is 12.0 Å². The Bertz CT molecular complexity index is 828. The summed E-state index contributed by atoms with van der Waals surface area (Å²) in [5.41, 5.74) is 0.396. The van der Waals surface area contributed by atoms with Crippen LogP contribution in [0.1, 0.15) is 43.7 Å². The largest absolute Gasteiger partial charge is 0.411 e. The van der Waals surface area contributed by atoms with Crippen LogP contribution in [-0.2, 0) is 27.5 Å². The SMILES string of the molecule is CC1CCCCC12NC(=O)N(CC(=O)NCc1ccc(COCC(F)(F)F)cc1)C2=O. The second kappa shape index (κ2) is 9.25. The van der Waals surface area contributed by atoms with Crippen LogP contribution in [-0.4, -0.2) is 47.6 Å². The van der Waals surface area contributed by atoms with E-state index in [1.54, 1.807) is 24.3 Å². The van der Waals surface area contributed by atoms with Gasteiger partial charge >= 0.3 is 12.2 Å². The van der Waals surface area contributed by atoms with E-state index in [2.05, 4.69) is 15.4 Å². The number of carbonyl (C=O) groups is 3. The summed E-state index contributed by atoms with van der Waals surface area (Å²) in [5.74, 6) is -0.797. The molecule has 170 valence electrons. The number of ether oxygens (including phenoxy) is 1. The van der Waals surface area contributed by atoms with Gasteiger partial charge in [-0.2, -0.15) is 13.2 Å². The van der Waals surface area contributed by atoms with Crippen molar-refractivity contribution in [3.05, 3.63) is 35.4 Å². The molecule has 2 atom stereocenters. The van der Waals surface area contributed by atoms with Gasteiger partial charge in [-0.3, -0.25) is 14.5 Å². The van der Waals surface area contributed by atoms with Crippen LogP contribution in [0.3, 0.4) is 0 Å². The van der Waals surface area contributed by atoms with Crippen molar-refractivity contribution in [2.45, 2.75) is 57.5 Å². The van der Waals surface area contributed by atoms with E-state index in [4.69, 9.17) is 0 Å². The van der Waals surface area contributed by atoms with Crippen molar-refractivity contribution in [2.24, 2.45) is 5.92 Å². The molecule has 1 aromatic rings. The summed E-state index contributed by atoms with van der Waals surface area (Å²) < 4.78 is 40.9. The van der Waals surface area contributed by atoms with E-state index in [-0.39, 0.29) is 31.5 Å². The summed E-state index contributed by atoms with van der Waals surface area (Å²) >= 11 is 0. The first-order valence-electron chi connectivity index (χ1n) is 10.2. The van der Waals surface area contributed by atoms with Gasteiger partial charge in [-0.25, -0.2) is 4.79 Å². The van der Waals surface area contributed by atoms with E-state index >= 15 is 0 Å². The van der Waals surface area contributed by atoms with Crippen LogP contribution in [0.4, 0.5) is 18.0 Å². The second-order valence-corrected chi connectivity index (χ2v) is 8.14. The normalized spacial score (nSPS) is 23.9. The zero-order valence-corrected chi connectivity index (χ0v) is 17.3. The van der Waals surface area contributed by atoms with Gasteiger partial charge in [0.05, 0.1) is 6.61 Å². The fraction of sp³-hybridized carbons (Fsp3) is 0.571. The summed E-state index contributed by atoms with van der Waals surface area (Å²) in [4.78, 5) is 38.5. The fourth-order valence-corrected chi connectivity index (χ4v) is 4.08. The van der Waals surface area contributed by atoms with E-state index in [9.17, 15) is 27.6 Å². The summed E-state index contributed by atoms with van der Waals surface area (Å²) in [6.07, 6.45) is -1.07. The molecule has 0 bridgehead atoms. The molecule has 1 saturated carbocycles. The van der Waals surface area contributed by atoms with Crippen LogP contribution in [0.5, 0.6) is 0 Å². The lowest BCUT2D eigenvalue weighted by molar-refractivity contribution is -0.176. The molecule has 1 heterocycles. The number of imide groups is 1. The van der Waals surface area contributed by atoms with Gasteiger partial charge in [0.25, 0.3) is 5.91 Å². The summed E-state index contributed by atoms with van der Waals surface area (Å²) in [7, 11) is 0. The molecule has 2 N–H and O–H groups in total. The number of carbonyl (C=O) groups excluding carboxylic acids is 3. The maximum absolute atomic E-state index is 12.9. The van der Waals surface area contributed by atoms with Crippen molar-refractivity contribution in [1.82, 2.24) is 15.5 Å². The Morgan fingerprint density at radius 2 is 1.90 bits per heavy atom. The monoisotopic (exact) mass is 441 g/mol. The van der Waals surface area contributed by atoms with E-state index in [1.807, 2.05) is 6.92 Å². The lowest BCUT2D eigenvalue weighted by Gasteiger charge is -2.36. The van der Waals surface area contributed by atoms with Crippen LogP contribution in [0.15, 0.2) is 24.3 Å². The van der Waals surface area contributed by atoms with Gasteiger partial charge in [-0.15, -0.1) is 0 Å². The van der Waals surface area contributed by atoms with E-state index in [1.165, 1.54) is 0 Å². The summed E-state index contributed by atoms with van der Waals surface area (Å²) in [6, 6.07) is 6.02. The molecule has 2 unspecified atom stereocenters. The van der Waals surface area contributed by atoms with Crippen molar-refractivity contribution in [1.29, 1.82) is 0 Å². The highest BCUT2D eigenvalue weighted by atomic mass is 19.4. The van der Waals surface area contributed by atoms with Crippen LogP contribution >= 0.6 is 0 Å². The minimum Gasteiger partial charge on any atom is -0.367 e. The predicted octanol–water partition coefficient (Wildman–Crippen LogP) is 2.88. The third-order valence-corrected chi connectivity index (χ3v) is 5.85. The topological polar surface area (TPSA) is 87.7 Å². The Morgan fingerprint density at radius 3 is 2.55 bits per heavy atom. The molecule has 0 aromatic heterocycles. The number of benzene rings is 1. The van der Waals surface area contributed by atoms with Gasteiger partial charge in [0.15, 0.2) is 0 Å². The molecule has 1 saturated heterocycles. The quantitative estimate of drug-likeness (QED) is 0.637. The first kappa shape index (κ1) is 23.1. The lowest BCUT2D eigenvalue weighted by atomic mass is 9.73. The highest BCUT2D eigenvalue weighted by molar-refractivity contribution is 6.09.